The summed E-state index contributed by atoms with van der Waals surface area (Å²) in [6, 6.07) is 7.64. The van der Waals surface area contributed by atoms with E-state index in [9.17, 15) is 13.2 Å². The van der Waals surface area contributed by atoms with Crippen LogP contribution in [0.2, 0.25) is 5.02 Å². The van der Waals surface area contributed by atoms with Crippen LogP contribution in [0.25, 0.3) is 0 Å². The molecule has 0 saturated heterocycles. The number of hydrogen-bond acceptors (Lipinski definition) is 8. The average Bonchev–Trinajstić information content (AvgIpc) is 3.33. The normalized spacial score (nSPS) is 11.4. The van der Waals surface area contributed by atoms with Crippen LogP contribution >= 0.6 is 22.9 Å². The van der Waals surface area contributed by atoms with Crippen molar-refractivity contribution in [1.82, 2.24) is 4.98 Å². The molecule has 11 heteroatoms. The van der Waals surface area contributed by atoms with Crippen molar-refractivity contribution in [3.63, 3.8) is 0 Å². The van der Waals surface area contributed by atoms with Gasteiger partial charge in [0.1, 0.15) is 0 Å². The molecule has 148 valence electrons. The number of furan rings is 1. The van der Waals surface area contributed by atoms with E-state index in [0.717, 1.165) is 11.3 Å². The third kappa shape index (κ3) is 4.71. The van der Waals surface area contributed by atoms with Crippen molar-refractivity contribution in [2.45, 2.75) is 17.9 Å². The Bertz CT molecular complexity index is 1060. The van der Waals surface area contributed by atoms with Gasteiger partial charge in [0.05, 0.1) is 23.5 Å². The fourth-order valence-corrected chi connectivity index (χ4v) is 4.92. The van der Waals surface area contributed by atoms with Gasteiger partial charge < -0.3 is 14.9 Å². The molecule has 1 aromatic carbocycles. The summed E-state index contributed by atoms with van der Waals surface area (Å²) in [5.41, 5.74) is 6.54. The highest BCUT2D eigenvalue weighted by Gasteiger charge is 2.21. The van der Waals surface area contributed by atoms with E-state index in [0.29, 0.717) is 17.7 Å². The van der Waals surface area contributed by atoms with Crippen LogP contribution < -0.4 is 10.5 Å². The molecule has 0 aliphatic carbocycles. The van der Waals surface area contributed by atoms with Crippen LogP contribution in [0.4, 0.5) is 5.13 Å². The minimum absolute atomic E-state index is 0.00614. The molecule has 2 heterocycles. The van der Waals surface area contributed by atoms with Gasteiger partial charge in [-0.05, 0) is 24.3 Å². The van der Waals surface area contributed by atoms with Crippen molar-refractivity contribution in [3.05, 3.63) is 64.0 Å². The number of benzene rings is 1. The number of hydrogen-bond donors (Lipinski definition) is 2. The predicted octanol–water partition coefficient (Wildman–Crippen LogP) is 3.05. The van der Waals surface area contributed by atoms with Gasteiger partial charge in [0, 0.05) is 28.9 Å². The van der Waals surface area contributed by atoms with Crippen molar-refractivity contribution in [1.29, 1.82) is 0 Å². The maximum Gasteiger partial charge on any atom is 0.374 e. The Morgan fingerprint density at radius 1 is 1.32 bits per heavy atom. The molecule has 8 nitrogen and oxygen atoms in total. The Morgan fingerprint density at radius 2 is 2.14 bits per heavy atom. The Hall–Kier alpha value is -2.40. The first-order valence-corrected chi connectivity index (χ1v) is 10.8. The van der Waals surface area contributed by atoms with Crippen LogP contribution in [0, 0.1) is 0 Å². The number of nitrogens with two attached hydrogens (primary N) is 1. The summed E-state index contributed by atoms with van der Waals surface area (Å²) in [7, 11) is -3.89. The number of aromatic nitrogens is 1. The van der Waals surface area contributed by atoms with E-state index in [1.54, 1.807) is 17.5 Å². The van der Waals surface area contributed by atoms with Crippen LogP contribution in [0.3, 0.4) is 0 Å². The van der Waals surface area contributed by atoms with Crippen molar-refractivity contribution >= 4 is 44.1 Å². The molecule has 3 aromatic rings. The molecule has 3 rings (SSSR count). The number of carbonyl (C=O) groups excluding carboxylic acids is 1. The quantitative estimate of drug-likeness (QED) is 0.514. The van der Waals surface area contributed by atoms with E-state index in [1.165, 1.54) is 24.5 Å². The molecule has 0 atom stereocenters. The first kappa shape index (κ1) is 20.3. The number of thiazole rings is 1. The smallest absolute Gasteiger partial charge is 0.374 e. The molecule has 28 heavy (non-hydrogen) atoms. The summed E-state index contributed by atoms with van der Waals surface area (Å²) in [5.74, 6) is -0.458. The zero-order chi connectivity index (χ0) is 20.1. The van der Waals surface area contributed by atoms with Gasteiger partial charge in [-0.15, -0.1) is 11.3 Å². The number of anilines is 1. The van der Waals surface area contributed by atoms with E-state index in [2.05, 4.69) is 9.71 Å². The maximum atomic E-state index is 12.6. The van der Waals surface area contributed by atoms with Crippen molar-refractivity contribution in [3.8, 4) is 0 Å². The second-order valence-electron chi connectivity index (χ2n) is 5.53. The van der Waals surface area contributed by atoms with E-state index in [1.807, 2.05) is 0 Å². The summed E-state index contributed by atoms with van der Waals surface area (Å²) >= 11 is 7.15. The van der Waals surface area contributed by atoms with E-state index >= 15 is 0 Å². The average molecular weight is 442 g/mol. The maximum absolute atomic E-state index is 12.6. The van der Waals surface area contributed by atoms with E-state index in [-0.39, 0.29) is 34.0 Å². The van der Waals surface area contributed by atoms with Gasteiger partial charge in [-0.25, -0.2) is 18.2 Å². The number of nitrogens with zero attached hydrogens (tertiary/aromatic N) is 1. The summed E-state index contributed by atoms with van der Waals surface area (Å²) in [5, 5.41) is 2.15. The number of esters is 1. The Labute approximate surface area is 170 Å². The zero-order valence-corrected chi connectivity index (χ0v) is 16.8. The number of sulfonamides is 1. The second kappa shape index (κ2) is 8.74. The third-order valence-electron chi connectivity index (χ3n) is 3.66. The Balaban J connectivity index is 1.62. The number of halogens is 1. The van der Waals surface area contributed by atoms with Crippen molar-refractivity contribution in [2.24, 2.45) is 5.73 Å². The lowest BCUT2D eigenvalue weighted by molar-refractivity contribution is 0.0472. The third-order valence-corrected chi connectivity index (χ3v) is 6.37. The number of nitrogens with one attached hydrogen (secondary N) is 1. The first-order valence-electron chi connectivity index (χ1n) is 8.06. The van der Waals surface area contributed by atoms with Crippen LogP contribution in [0.15, 0.2) is 51.3 Å². The zero-order valence-electron chi connectivity index (χ0n) is 14.4. The highest BCUT2D eigenvalue weighted by molar-refractivity contribution is 7.93. The summed E-state index contributed by atoms with van der Waals surface area (Å²) in [4.78, 5) is 15.9. The summed E-state index contributed by atoms with van der Waals surface area (Å²) < 4.78 is 37.7. The van der Waals surface area contributed by atoms with Crippen LogP contribution in [-0.2, 0) is 27.7 Å². The fraction of sp³-hybridized carbons (Fsp3) is 0.176. The lowest BCUT2D eigenvalue weighted by atomic mass is 10.2. The van der Waals surface area contributed by atoms with Gasteiger partial charge in [-0.3, -0.25) is 4.72 Å². The molecule has 0 unspecified atom stereocenters. The second-order valence-corrected chi connectivity index (χ2v) is 8.45. The van der Waals surface area contributed by atoms with Gasteiger partial charge in [-0.2, -0.15) is 0 Å². The van der Waals surface area contributed by atoms with Crippen LogP contribution in [-0.4, -0.2) is 26.0 Å². The minimum atomic E-state index is -3.89. The monoisotopic (exact) mass is 441 g/mol. The molecule has 0 aliphatic rings. The molecule has 3 N–H and O–H groups in total. The van der Waals surface area contributed by atoms with Crippen LogP contribution in [0.1, 0.15) is 21.8 Å². The highest BCUT2D eigenvalue weighted by Crippen LogP contribution is 2.26. The van der Waals surface area contributed by atoms with Gasteiger partial charge >= 0.3 is 5.97 Å². The van der Waals surface area contributed by atoms with Crippen molar-refractivity contribution < 1.29 is 22.4 Å². The molecule has 0 radical (unpaired) electrons. The van der Waals surface area contributed by atoms with Gasteiger partial charge in [0.2, 0.25) is 5.76 Å². The Morgan fingerprint density at radius 3 is 2.86 bits per heavy atom. The first-order chi connectivity index (χ1) is 13.4. The van der Waals surface area contributed by atoms with Gasteiger partial charge in [-0.1, -0.05) is 17.7 Å². The molecule has 0 fully saturated rings. The molecule has 2 aromatic heterocycles. The van der Waals surface area contributed by atoms with Gasteiger partial charge in [0.15, 0.2) is 5.13 Å². The minimum Gasteiger partial charge on any atom is -0.459 e. The molecular formula is C17H16ClN3O5S2. The molecule has 0 aliphatic heterocycles. The summed E-state index contributed by atoms with van der Waals surface area (Å²) in [6.07, 6.45) is 1.71. The predicted molar refractivity (Wildman–Crippen MR) is 105 cm³/mol. The Kier molecular flexibility index (Phi) is 6.35. The molecule has 0 saturated carbocycles. The standard InChI is InChI=1S/C17H16ClN3O5S2/c18-13-3-1-5-15(12(13)9-19)28(23,24)21-17-20-11(10-27-17)6-8-26-16(22)14-4-2-7-25-14/h1-5,7,10H,6,8-9,19H2,(H,20,21). The highest BCUT2D eigenvalue weighted by atomic mass is 35.5. The molecule has 0 spiro atoms. The lowest BCUT2D eigenvalue weighted by Crippen LogP contribution is -2.16. The van der Waals surface area contributed by atoms with Crippen molar-refractivity contribution in [2.75, 3.05) is 11.3 Å². The SMILES string of the molecule is NCc1c(Cl)cccc1S(=O)(=O)Nc1nc(CCOC(=O)c2ccco2)cs1. The van der Waals surface area contributed by atoms with E-state index in [4.69, 9.17) is 26.5 Å². The number of carbonyl (C=O) groups is 1. The number of rotatable bonds is 8. The topological polar surface area (TPSA) is 125 Å². The largest absolute Gasteiger partial charge is 0.459 e. The number of ether oxygens (including phenoxy) is 1. The summed E-state index contributed by atoms with van der Waals surface area (Å²) in [6.45, 7) is 0.0706. The lowest BCUT2D eigenvalue weighted by Gasteiger charge is -2.10. The molecular weight excluding hydrogens is 426 g/mol. The fourth-order valence-electron chi connectivity index (χ4n) is 2.34. The molecule has 0 amide bonds. The molecule has 0 bridgehead atoms. The van der Waals surface area contributed by atoms with Crippen LogP contribution in [0.5, 0.6) is 0 Å². The van der Waals surface area contributed by atoms with Gasteiger partial charge in [0.25, 0.3) is 10.0 Å². The van der Waals surface area contributed by atoms with E-state index < -0.39 is 16.0 Å².